The minimum atomic E-state index is -0.259. The number of ketones is 1. The fraction of sp³-hybridized carbons (Fsp3) is 0.533. The fourth-order valence-corrected chi connectivity index (χ4v) is 1.65. The van der Waals surface area contributed by atoms with Crippen LogP contribution in [0.25, 0.3) is 0 Å². The average molecular weight is 250 g/mol. The molecule has 1 aromatic carbocycles. The lowest BCUT2D eigenvalue weighted by Crippen LogP contribution is -2.23. The molecule has 0 aliphatic heterocycles. The first-order chi connectivity index (χ1) is 8.39. The predicted octanol–water partition coefficient (Wildman–Crippen LogP) is 3.39. The third-order valence-electron chi connectivity index (χ3n) is 3.24. The van der Waals surface area contributed by atoms with Gasteiger partial charge in [-0.15, -0.1) is 0 Å². The molecule has 0 aliphatic carbocycles. The smallest absolute Gasteiger partial charge is 0.163 e. The van der Waals surface area contributed by atoms with E-state index < -0.39 is 0 Å². The number of ether oxygens (including phenoxy) is 2. The summed E-state index contributed by atoms with van der Waals surface area (Å²) in [4.78, 5) is 12.1. The Morgan fingerprint density at radius 3 is 2.50 bits per heavy atom. The topological polar surface area (TPSA) is 35.5 Å². The maximum atomic E-state index is 12.1. The van der Waals surface area contributed by atoms with Crippen molar-refractivity contribution in [1.82, 2.24) is 0 Å². The van der Waals surface area contributed by atoms with Crippen LogP contribution in [0.1, 0.15) is 42.6 Å². The van der Waals surface area contributed by atoms with Gasteiger partial charge in [0.05, 0.1) is 12.7 Å². The van der Waals surface area contributed by atoms with E-state index in [1.54, 1.807) is 20.3 Å². The van der Waals surface area contributed by atoms with E-state index in [9.17, 15) is 4.79 Å². The zero-order chi connectivity index (χ0) is 13.8. The Kier molecular flexibility index (Phi) is 4.91. The van der Waals surface area contributed by atoms with Crippen LogP contribution in [0.5, 0.6) is 5.75 Å². The van der Waals surface area contributed by atoms with Gasteiger partial charge in [-0.05, 0) is 38.8 Å². The van der Waals surface area contributed by atoms with Crippen LogP contribution in [0, 0.1) is 6.92 Å². The van der Waals surface area contributed by atoms with Crippen LogP contribution < -0.4 is 4.74 Å². The third kappa shape index (κ3) is 3.84. The Hall–Kier alpha value is -1.35. The lowest BCUT2D eigenvalue weighted by molar-refractivity contribution is 0.0141. The Labute approximate surface area is 109 Å². The lowest BCUT2D eigenvalue weighted by atomic mass is 9.97. The Bertz CT molecular complexity index is 422. The van der Waals surface area contributed by atoms with Gasteiger partial charge >= 0.3 is 0 Å². The minimum absolute atomic E-state index is 0.124. The Morgan fingerprint density at radius 2 is 1.94 bits per heavy atom. The van der Waals surface area contributed by atoms with Crippen molar-refractivity contribution >= 4 is 5.78 Å². The maximum absolute atomic E-state index is 12.1. The van der Waals surface area contributed by atoms with E-state index in [0.29, 0.717) is 18.4 Å². The molecule has 0 aliphatic rings. The second-order valence-corrected chi connectivity index (χ2v) is 5.07. The lowest BCUT2D eigenvalue weighted by Gasteiger charge is -2.22. The summed E-state index contributed by atoms with van der Waals surface area (Å²) in [5.41, 5.74) is 1.47. The molecular formula is C15H22O3. The summed E-state index contributed by atoms with van der Waals surface area (Å²) in [7, 11) is 3.28. The minimum Gasteiger partial charge on any atom is -0.496 e. The monoisotopic (exact) mass is 250 g/mol. The largest absolute Gasteiger partial charge is 0.496 e. The van der Waals surface area contributed by atoms with Gasteiger partial charge in [0.25, 0.3) is 0 Å². The highest BCUT2D eigenvalue weighted by Gasteiger charge is 2.19. The molecule has 0 fully saturated rings. The number of Topliss-reactive ketones (excluding diaryl/α,β-unsaturated/α-hetero) is 1. The molecule has 0 N–H and O–H groups in total. The number of hydrogen-bond donors (Lipinski definition) is 0. The number of methoxy groups -OCH3 is 2. The summed E-state index contributed by atoms with van der Waals surface area (Å²) in [6.07, 6.45) is 1.19. The molecule has 3 nitrogen and oxygen atoms in total. The van der Waals surface area contributed by atoms with E-state index >= 15 is 0 Å². The van der Waals surface area contributed by atoms with Crippen LogP contribution in [0.15, 0.2) is 18.2 Å². The van der Waals surface area contributed by atoms with Crippen molar-refractivity contribution in [3.05, 3.63) is 29.3 Å². The van der Waals surface area contributed by atoms with Crippen molar-refractivity contribution < 1.29 is 14.3 Å². The van der Waals surface area contributed by atoms with Crippen molar-refractivity contribution in [1.29, 1.82) is 0 Å². The summed E-state index contributed by atoms with van der Waals surface area (Å²) >= 11 is 0. The van der Waals surface area contributed by atoms with E-state index in [0.717, 1.165) is 11.3 Å². The van der Waals surface area contributed by atoms with Gasteiger partial charge in [-0.25, -0.2) is 0 Å². The number of benzene rings is 1. The SMILES string of the molecule is COc1cc(C(=O)CCC(C)(C)OC)ccc1C. The Morgan fingerprint density at radius 1 is 1.28 bits per heavy atom. The molecule has 0 heterocycles. The molecule has 0 amide bonds. The molecule has 0 aromatic heterocycles. The third-order valence-corrected chi connectivity index (χ3v) is 3.24. The van der Waals surface area contributed by atoms with Gasteiger partial charge in [0.1, 0.15) is 5.75 Å². The molecule has 18 heavy (non-hydrogen) atoms. The summed E-state index contributed by atoms with van der Waals surface area (Å²) in [5.74, 6) is 0.880. The maximum Gasteiger partial charge on any atom is 0.163 e. The zero-order valence-corrected chi connectivity index (χ0v) is 11.9. The molecular weight excluding hydrogens is 228 g/mol. The van der Waals surface area contributed by atoms with Crippen LogP contribution in [0.2, 0.25) is 0 Å². The summed E-state index contributed by atoms with van der Waals surface area (Å²) in [6, 6.07) is 5.56. The summed E-state index contributed by atoms with van der Waals surface area (Å²) < 4.78 is 10.5. The molecule has 1 rings (SSSR count). The number of aryl methyl sites for hydroxylation is 1. The zero-order valence-electron chi connectivity index (χ0n) is 11.9. The molecule has 0 spiro atoms. The first-order valence-electron chi connectivity index (χ1n) is 6.12. The van der Waals surface area contributed by atoms with Crippen LogP contribution >= 0.6 is 0 Å². The average Bonchev–Trinajstić information content (AvgIpc) is 2.36. The van der Waals surface area contributed by atoms with Gasteiger partial charge in [0.2, 0.25) is 0 Å². The molecule has 0 unspecified atom stereocenters. The van der Waals surface area contributed by atoms with E-state index in [-0.39, 0.29) is 11.4 Å². The van der Waals surface area contributed by atoms with Gasteiger partial charge in [0.15, 0.2) is 5.78 Å². The number of carbonyl (C=O) groups excluding carboxylic acids is 1. The normalized spacial score (nSPS) is 11.4. The molecule has 0 atom stereocenters. The van der Waals surface area contributed by atoms with Gasteiger partial charge < -0.3 is 9.47 Å². The van der Waals surface area contributed by atoms with Crippen LogP contribution in [-0.2, 0) is 4.74 Å². The van der Waals surface area contributed by atoms with Crippen LogP contribution in [0.3, 0.4) is 0 Å². The highest BCUT2D eigenvalue weighted by Crippen LogP contribution is 2.22. The molecule has 0 saturated carbocycles. The Balaban J connectivity index is 2.73. The predicted molar refractivity (Wildman–Crippen MR) is 72.4 cm³/mol. The number of carbonyl (C=O) groups is 1. The standard InChI is InChI=1S/C15H22O3/c1-11-6-7-12(10-14(11)17-4)13(16)8-9-15(2,3)18-5/h6-7,10H,8-9H2,1-5H3. The molecule has 1 aromatic rings. The number of hydrogen-bond acceptors (Lipinski definition) is 3. The first kappa shape index (κ1) is 14.7. The van der Waals surface area contributed by atoms with Gasteiger partial charge in [-0.3, -0.25) is 4.79 Å². The van der Waals surface area contributed by atoms with E-state index in [1.807, 2.05) is 32.9 Å². The summed E-state index contributed by atoms with van der Waals surface area (Å²) in [6.45, 7) is 5.92. The van der Waals surface area contributed by atoms with Crippen molar-refractivity contribution in [2.24, 2.45) is 0 Å². The highest BCUT2D eigenvalue weighted by molar-refractivity contribution is 5.96. The van der Waals surface area contributed by atoms with Crippen LogP contribution in [0.4, 0.5) is 0 Å². The fourth-order valence-electron chi connectivity index (χ4n) is 1.65. The van der Waals surface area contributed by atoms with Crippen molar-refractivity contribution in [2.45, 2.75) is 39.2 Å². The van der Waals surface area contributed by atoms with E-state index in [4.69, 9.17) is 9.47 Å². The van der Waals surface area contributed by atoms with E-state index in [2.05, 4.69) is 0 Å². The highest BCUT2D eigenvalue weighted by atomic mass is 16.5. The van der Waals surface area contributed by atoms with E-state index in [1.165, 1.54) is 0 Å². The van der Waals surface area contributed by atoms with Crippen molar-refractivity contribution in [3.63, 3.8) is 0 Å². The molecule has 100 valence electrons. The second-order valence-electron chi connectivity index (χ2n) is 5.07. The van der Waals surface area contributed by atoms with Gasteiger partial charge in [0, 0.05) is 19.1 Å². The van der Waals surface area contributed by atoms with Crippen molar-refractivity contribution in [3.8, 4) is 5.75 Å². The number of rotatable bonds is 6. The molecule has 0 saturated heterocycles. The first-order valence-corrected chi connectivity index (χ1v) is 6.12. The molecule has 0 bridgehead atoms. The molecule has 3 heteroatoms. The van der Waals surface area contributed by atoms with Crippen molar-refractivity contribution in [2.75, 3.05) is 14.2 Å². The second kappa shape index (κ2) is 6.01. The van der Waals surface area contributed by atoms with Gasteiger partial charge in [-0.1, -0.05) is 12.1 Å². The quantitative estimate of drug-likeness (QED) is 0.726. The van der Waals surface area contributed by atoms with Gasteiger partial charge in [-0.2, -0.15) is 0 Å². The van der Waals surface area contributed by atoms with Crippen LogP contribution in [-0.4, -0.2) is 25.6 Å². The molecule has 0 radical (unpaired) electrons. The summed E-state index contributed by atoms with van der Waals surface area (Å²) in [5, 5.41) is 0.